The number of hydrogen-bond donors (Lipinski definition) is 0. The highest BCUT2D eigenvalue weighted by molar-refractivity contribution is 5.20. The number of ether oxygens (including phenoxy) is 1. The van der Waals surface area contributed by atoms with Gasteiger partial charge in [-0.15, -0.1) is 0 Å². The minimum atomic E-state index is 0.358. The average Bonchev–Trinajstić information content (AvgIpc) is 2.58. The second kappa shape index (κ2) is 8.72. The summed E-state index contributed by atoms with van der Waals surface area (Å²) >= 11 is 0. The summed E-state index contributed by atoms with van der Waals surface area (Å²) in [7, 11) is 0. The molecule has 2 atom stereocenters. The molecule has 0 spiro atoms. The van der Waals surface area contributed by atoms with Gasteiger partial charge in [-0.25, -0.2) is 0 Å². The van der Waals surface area contributed by atoms with Gasteiger partial charge in [0, 0.05) is 25.2 Å². The Hall–Kier alpha value is -1.64. The van der Waals surface area contributed by atoms with Crippen LogP contribution in [0, 0.1) is 0 Å². The summed E-state index contributed by atoms with van der Waals surface area (Å²) < 4.78 is 5.66. The molecule has 0 aliphatic heterocycles. The maximum atomic E-state index is 5.66. The Morgan fingerprint density at radius 2 is 1.50 bits per heavy atom. The van der Waals surface area contributed by atoms with Crippen LogP contribution < -0.4 is 0 Å². The van der Waals surface area contributed by atoms with Gasteiger partial charge < -0.3 is 4.74 Å². The van der Waals surface area contributed by atoms with Crippen molar-refractivity contribution in [1.82, 2.24) is 4.90 Å². The SMILES string of the molecule is CCOC[C@H](C)N(Cc1ccccc1)[C@H](C)c1ccccc1. The first-order valence-electron chi connectivity index (χ1n) is 8.14. The van der Waals surface area contributed by atoms with Crippen LogP contribution in [0.3, 0.4) is 0 Å². The van der Waals surface area contributed by atoms with Gasteiger partial charge in [-0.2, -0.15) is 0 Å². The zero-order chi connectivity index (χ0) is 15.8. The van der Waals surface area contributed by atoms with E-state index in [9.17, 15) is 0 Å². The second-order valence-electron chi connectivity index (χ2n) is 5.75. The van der Waals surface area contributed by atoms with E-state index in [-0.39, 0.29) is 0 Å². The van der Waals surface area contributed by atoms with Gasteiger partial charge in [-0.1, -0.05) is 60.7 Å². The highest BCUT2D eigenvalue weighted by Gasteiger charge is 2.21. The monoisotopic (exact) mass is 297 g/mol. The van der Waals surface area contributed by atoms with Gasteiger partial charge >= 0.3 is 0 Å². The Bertz CT molecular complexity index is 526. The number of benzene rings is 2. The van der Waals surface area contributed by atoms with Crippen molar-refractivity contribution in [3.05, 3.63) is 71.8 Å². The van der Waals surface area contributed by atoms with Crippen LogP contribution in [0.25, 0.3) is 0 Å². The Morgan fingerprint density at radius 3 is 2.09 bits per heavy atom. The lowest BCUT2D eigenvalue weighted by molar-refractivity contribution is 0.0492. The summed E-state index contributed by atoms with van der Waals surface area (Å²) in [4.78, 5) is 2.51. The fourth-order valence-electron chi connectivity index (χ4n) is 2.78. The smallest absolute Gasteiger partial charge is 0.0619 e. The van der Waals surface area contributed by atoms with Crippen molar-refractivity contribution in [1.29, 1.82) is 0 Å². The van der Waals surface area contributed by atoms with Gasteiger partial charge in [0.15, 0.2) is 0 Å². The zero-order valence-corrected chi connectivity index (χ0v) is 13.9. The van der Waals surface area contributed by atoms with E-state index in [4.69, 9.17) is 4.74 Å². The maximum Gasteiger partial charge on any atom is 0.0619 e. The number of rotatable bonds is 8. The first-order chi connectivity index (χ1) is 10.7. The molecule has 2 rings (SSSR count). The van der Waals surface area contributed by atoms with Crippen LogP contribution in [0.1, 0.15) is 37.9 Å². The Kier molecular flexibility index (Phi) is 6.63. The third-order valence-corrected chi connectivity index (χ3v) is 4.12. The first-order valence-corrected chi connectivity index (χ1v) is 8.14. The zero-order valence-electron chi connectivity index (χ0n) is 13.9. The molecule has 0 aliphatic carbocycles. The second-order valence-corrected chi connectivity index (χ2v) is 5.75. The topological polar surface area (TPSA) is 12.5 Å². The van der Waals surface area contributed by atoms with Crippen LogP contribution in [-0.4, -0.2) is 24.2 Å². The third kappa shape index (κ3) is 4.69. The van der Waals surface area contributed by atoms with E-state index in [1.807, 2.05) is 0 Å². The van der Waals surface area contributed by atoms with E-state index in [0.29, 0.717) is 12.1 Å². The van der Waals surface area contributed by atoms with E-state index in [1.54, 1.807) is 0 Å². The van der Waals surface area contributed by atoms with Crippen LogP contribution in [0.4, 0.5) is 0 Å². The molecule has 0 aliphatic rings. The highest BCUT2D eigenvalue weighted by Crippen LogP contribution is 2.24. The van der Waals surface area contributed by atoms with Gasteiger partial charge in [0.1, 0.15) is 0 Å². The summed E-state index contributed by atoms with van der Waals surface area (Å²) in [6.45, 7) is 9.04. The molecule has 0 aromatic heterocycles. The molecule has 0 heterocycles. The van der Waals surface area contributed by atoms with Crippen molar-refractivity contribution in [2.45, 2.75) is 39.4 Å². The van der Waals surface area contributed by atoms with E-state index in [1.165, 1.54) is 11.1 Å². The first kappa shape index (κ1) is 16.7. The molecule has 2 heteroatoms. The fraction of sp³-hybridized carbons (Fsp3) is 0.400. The third-order valence-electron chi connectivity index (χ3n) is 4.12. The van der Waals surface area contributed by atoms with Crippen LogP contribution >= 0.6 is 0 Å². The molecule has 2 aromatic carbocycles. The Labute approximate surface area is 134 Å². The lowest BCUT2D eigenvalue weighted by Gasteiger charge is -2.35. The molecule has 0 saturated heterocycles. The van der Waals surface area contributed by atoms with Crippen LogP contribution in [0.2, 0.25) is 0 Å². The van der Waals surface area contributed by atoms with Crippen molar-refractivity contribution in [2.24, 2.45) is 0 Å². The molecule has 118 valence electrons. The quantitative estimate of drug-likeness (QED) is 0.702. The standard InChI is InChI=1S/C20H27NO/c1-4-22-16-17(2)21(15-19-11-7-5-8-12-19)18(3)20-13-9-6-10-14-20/h5-14,17-18H,4,15-16H2,1-3H3/t17-,18+/m0/s1. The molecule has 0 amide bonds. The van der Waals surface area contributed by atoms with E-state index >= 15 is 0 Å². The lowest BCUT2D eigenvalue weighted by Crippen LogP contribution is -2.38. The van der Waals surface area contributed by atoms with Gasteiger partial charge in [0.05, 0.1) is 6.61 Å². The number of hydrogen-bond acceptors (Lipinski definition) is 2. The minimum Gasteiger partial charge on any atom is -0.380 e. The molecule has 0 radical (unpaired) electrons. The number of nitrogens with zero attached hydrogens (tertiary/aromatic N) is 1. The summed E-state index contributed by atoms with van der Waals surface area (Å²) in [5.41, 5.74) is 2.69. The van der Waals surface area contributed by atoms with Gasteiger partial charge in [0.2, 0.25) is 0 Å². The summed E-state index contributed by atoms with van der Waals surface area (Å²) in [5, 5.41) is 0. The van der Waals surface area contributed by atoms with Crippen LogP contribution in [0.15, 0.2) is 60.7 Å². The molecule has 0 fully saturated rings. The van der Waals surface area contributed by atoms with Gasteiger partial charge in [-0.05, 0) is 31.9 Å². The molecule has 2 nitrogen and oxygen atoms in total. The molecular formula is C20H27NO. The lowest BCUT2D eigenvalue weighted by atomic mass is 10.0. The molecule has 0 N–H and O–H groups in total. The van der Waals surface area contributed by atoms with Crippen molar-refractivity contribution in [3.8, 4) is 0 Å². The molecule has 0 bridgehead atoms. The molecule has 0 saturated carbocycles. The minimum absolute atomic E-state index is 0.358. The van der Waals surface area contributed by atoms with E-state index < -0.39 is 0 Å². The van der Waals surface area contributed by atoms with Crippen LogP contribution in [0.5, 0.6) is 0 Å². The molecule has 0 unspecified atom stereocenters. The maximum absolute atomic E-state index is 5.66. The van der Waals surface area contributed by atoms with Gasteiger partial charge in [0.25, 0.3) is 0 Å². The van der Waals surface area contributed by atoms with E-state index in [2.05, 4.69) is 86.3 Å². The highest BCUT2D eigenvalue weighted by atomic mass is 16.5. The van der Waals surface area contributed by atoms with Crippen molar-refractivity contribution < 1.29 is 4.74 Å². The predicted octanol–water partition coefficient (Wildman–Crippen LogP) is 4.67. The summed E-state index contributed by atoms with van der Waals surface area (Å²) in [6, 6.07) is 22.1. The van der Waals surface area contributed by atoms with Crippen LogP contribution in [-0.2, 0) is 11.3 Å². The Morgan fingerprint density at radius 1 is 0.909 bits per heavy atom. The largest absolute Gasteiger partial charge is 0.380 e. The molecule has 2 aromatic rings. The molecular weight excluding hydrogens is 270 g/mol. The summed E-state index contributed by atoms with van der Waals surface area (Å²) in [6.07, 6.45) is 0. The summed E-state index contributed by atoms with van der Waals surface area (Å²) in [5.74, 6) is 0. The normalized spacial score (nSPS) is 14.0. The van der Waals surface area contributed by atoms with E-state index in [0.717, 1.165) is 19.8 Å². The van der Waals surface area contributed by atoms with Crippen molar-refractivity contribution in [2.75, 3.05) is 13.2 Å². The van der Waals surface area contributed by atoms with Gasteiger partial charge in [-0.3, -0.25) is 4.90 Å². The average molecular weight is 297 g/mol. The fourth-order valence-corrected chi connectivity index (χ4v) is 2.78. The predicted molar refractivity (Wildman–Crippen MR) is 92.8 cm³/mol. The Balaban J connectivity index is 2.17. The van der Waals surface area contributed by atoms with Crippen molar-refractivity contribution in [3.63, 3.8) is 0 Å². The molecule has 22 heavy (non-hydrogen) atoms. The van der Waals surface area contributed by atoms with Crippen molar-refractivity contribution >= 4 is 0 Å².